The Kier molecular flexibility index (Phi) is 4.87. The smallest absolute Gasteiger partial charge is 0.471 e. The van der Waals surface area contributed by atoms with Crippen molar-refractivity contribution in [1.29, 1.82) is 0 Å². The number of carboxylic acids is 1. The first-order chi connectivity index (χ1) is 8.71. The fourth-order valence-corrected chi connectivity index (χ4v) is 2.24. The number of nitrogens with zero attached hydrogens (tertiary/aromatic N) is 1. The molecule has 0 aliphatic carbocycles. The van der Waals surface area contributed by atoms with Crippen molar-refractivity contribution in [3.8, 4) is 0 Å². The fraction of sp³-hybridized carbons (Fsp3) is 0.500. The summed E-state index contributed by atoms with van der Waals surface area (Å²) < 4.78 is 35.6. The Morgan fingerprint density at radius 3 is 2.53 bits per heavy atom. The zero-order chi connectivity index (χ0) is 14.6. The Bertz CT molecular complexity index is 485. The molecule has 0 spiro atoms. The van der Waals surface area contributed by atoms with Gasteiger partial charge in [0.05, 0.1) is 10.7 Å². The third kappa shape index (κ3) is 4.51. The van der Waals surface area contributed by atoms with Gasteiger partial charge in [0.15, 0.2) is 0 Å². The normalized spacial score (nSPS) is 11.4. The highest BCUT2D eigenvalue weighted by molar-refractivity contribution is 7.13. The Morgan fingerprint density at radius 2 is 2.05 bits per heavy atom. The van der Waals surface area contributed by atoms with Crippen LogP contribution in [0.15, 0.2) is 0 Å². The van der Waals surface area contributed by atoms with Crippen LogP contribution in [0.1, 0.15) is 26.8 Å². The molecular formula is C10H11F3N2O3S. The number of hydrogen-bond donors (Lipinski definition) is 2. The number of halogens is 3. The third-order valence-electron chi connectivity index (χ3n) is 2.15. The molecule has 0 atom stereocenters. The van der Waals surface area contributed by atoms with Crippen LogP contribution in [0.3, 0.4) is 0 Å². The van der Waals surface area contributed by atoms with Crippen LogP contribution in [0.4, 0.5) is 13.2 Å². The summed E-state index contributed by atoms with van der Waals surface area (Å²) in [6.45, 7) is 1.41. The van der Waals surface area contributed by atoms with Gasteiger partial charge in [0.25, 0.3) is 0 Å². The molecule has 0 fully saturated rings. The summed E-state index contributed by atoms with van der Waals surface area (Å²) in [7, 11) is 0. The van der Waals surface area contributed by atoms with Gasteiger partial charge in [0, 0.05) is 13.0 Å². The van der Waals surface area contributed by atoms with Gasteiger partial charge in [-0.3, -0.25) is 4.79 Å². The lowest BCUT2D eigenvalue weighted by atomic mass is 10.3. The summed E-state index contributed by atoms with van der Waals surface area (Å²) in [6.07, 6.45) is -4.31. The second-order valence-corrected chi connectivity index (χ2v) is 4.77. The second-order valence-electron chi connectivity index (χ2n) is 3.68. The molecule has 1 amide bonds. The average molecular weight is 296 g/mol. The van der Waals surface area contributed by atoms with E-state index in [-0.39, 0.29) is 17.8 Å². The highest BCUT2D eigenvalue weighted by atomic mass is 32.1. The Balaban J connectivity index is 2.40. The molecule has 0 aromatic carbocycles. The van der Waals surface area contributed by atoms with Gasteiger partial charge < -0.3 is 10.4 Å². The van der Waals surface area contributed by atoms with E-state index in [4.69, 9.17) is 5.11 Å². The van der Waals surface area contributed by atoms with Crippen molar-refractivity contribution in [2.75, 3.05) is 6.54 Å². The number of aromatic nitrogens is 1. The van der Waals surface area contributed by atoms with Gasteiger partial charge in [-0.25, -0.2) is 9.78 Å². The van der Waals surface area contributed by atoms with Gasteiger partial charge >= 0.3 is 18.1 Å². The van der Waals surface area contributed by atoms with Crippen LogP contribution in [0.25, 0.3) is 0 Å². The monoisotopic (exact) mass is 296 g/mol. The molecule has 106 valence electrons. The summed E-state index contributed by atoms with van der Waals surface area (Å²) in [5, 5.41) is 11.1. The van der Waals surface area contributed by atoms with Crippen molar-refractivity contribution in [3.63, 3.8) is 0 Å². The van der Waals surface area contributed by atoms with Gasteiger partial charge in [-0.2, -0.15) is 13.2 Å². The Morgan fingerprint density at radius 1 is 1.42 bits per heavy atom. The van der Waals surface area contributed by atoms with Crippen molar-refractivity contribution in [2.45, 2.75) is 25.9 Å². The number of thiazole rings is 1. The van der Waals surface area contributed by atoms with Gasteiger partial charge in [0.2, 0.25) is 0 Å². The molecule has 0 saturated carbocycles. The number of nitrogens with one attached hydrogen (secondary N) is 1. The SMILES string of the molecule is Cc1nc(CCCNC(=O)C(F)(F)F)sc1C(=O)O. The lowest BCUT2D eigenvalue weighted by Gasteiger charge is -2.06. The van der Waals surface area contributed by atoms with Gasteiger partial charge in [-0.05, 0) is 13.3 Å². The Hall–Kier alpha value is -1.64. The number of aryl methyl sites for hydroxylation is 2. The van der Waals surface area contributed by atoms with E-state index in [0.717, 1.165) is 11.3 Å². The second kappa shape index (κ2) is 6.00. The number of amides is 1. The molecule has 5 nitrogen and oxygen atoms in total. The van der Waals surface area contributed by atoms with Crippen LogP contribution >= 0.6 is 11.3 Å². The van der Waals surface area contributed by atoms with Crippen molar-refractivity contribution >= 4 is 23.2 Å². The maximum Gasteiger partial charge on any atom is 0.471 e. The first-order valence-electron chi connectivity index (χ1n) is 5.26. The Labute approximate surface area is 110 Å². The minimum absolute atomic E-state index is 0.120. The molecule has 0 bridgehead atoms. The molecule has 1 heterocycles. The molecule has 1 aromatic rings. The number of hydrogen-bond acceptors (Lipinski definition) is 4. The minimum Gasteiger partial charge on any atom is -0.477 e. The number of carbonyl (C=O) groups is 2. The quantitative estimate of drug-likeness (QED) is 0.811. The first-order valence-corrected chi connectivity index (χ1v) is 6.08. The maximum absolute atomic E-state index is 11.9. The van der Waals surface area contributed by atoms with E-state index in [1.165, 1.54) is 0 Å². The largest absolute Gasteiger partial charge is 0.477 e. The van der Waals surface area contributed by atoms with Crippen LogP contribution in [0.5, 0.6) is 0 Å². The molecule has 0 aliphatic heterocycles. The summed E-state index contributed by atoms with van der Waals surface area (Å²) in [5.74, 6) is -3.05. The molecular weight excluding hydrogens is 285 g/mol. The molecule has 0 aliphatic rings. The number of carbonyl (C=O) groups excluding carboxylic acids is 1. The summed E-state index contributed by atoms with van der Waals surface area (Å²) in [5.41, 5.74) is 0.381. The fourth-order valence-electron chi connectivity index (χ4n) is 1.30. The molecule has 0 saturated heterocycles. The van der Waals surface area contributed by atoms with Crippen molar-refractivity contribution in [1.82, 2.24) is 10.3 Å². The van der Waals surface area contributed by atoms with E-state index in [1.807, 2.05) is 0 Å². The van der Waals surface area contributed by atoms with E-state index in [1.54, 1.807) is 12.2 Å². The van der Waals surface area contributed by atoms with Crippen LogP contribution < -0.4 is 5.32 Å². The number of carboxylic acid groups (broad SMARTS) is 1. The van der Waals surface area contributed by atoms with Gasteiger partial charge in [0.1, 0.15) is 4.88 Å². The summed E-state index contributed by atoms with van der Waals surface area (Å²) in [6, 6.07) is 0. The molecule has 1 aromatic heterocycles. The molecule has 9 heteroatoms. The van der Waals surface area contributed by atoms with Crippen LogP contribution in [-0.4, -0.2) is 34.7 Å². The van der Waals surface area contributed by atoms with Crippen molar-refractivity contribution in [3.05, 3.63) is 15.6 Å². The van der Waals surface area contributed by atoms with Crippen LogP contribution in [0.2, 0.25) is 0 Å². The van der Waals surface area contributed by atoms with Crippen LogP contribution in [0, 0.1) is 6.92 Å². The zero-order valence-corrected chi connectivity index (χ0v) is 10.7. The minimum atomic E-state index is -4.88. The van der Waals surface area contributed by atoms with E-state index in [0.29, 0.717) is 17.1 Å². The van der Waals surface area contributed by atoms with Gasteiger partial charge in [-0.1, -0.05) is 0 Å². The predicted molar refractivity (Wildman–Crippen MR) is 61.2 cm³/mol. The third-order valence-corrected chi connectivity index (χ3v) is 3.35. The topological polar surface area (TPSA) is 79.3 Å². The standard InChI is InChI=1S/C10H11F3N2O3S/c1-5-7(8(16)17)19-6(15-5)3-2-4-14-9(18)10(11,12)13/h2-4H2,1H3,(H,14,18)(H,16,17). The maximum atomic E-state index is 11.9. The highest BCUT2D eigenvalue weighted by Crippen LogP contribution is 2.19. The average Bonchev–Trinajstić information content (AvgIpc) is 2.64. The molecule has 1 rings (SSSR count). The number of aromatic carboxylic acids is 1. The van der Waals surface area contributed by atoms with E-state index >= 15 is 0 Å². The molecule has 19 heavy (non-hydrogen) atoms. The highest BCUT2D eigenvalue weighted by Gasteiger charge is 2.38. The van der Waals surface area contributed by atoms with Crippen molar-refractivity contribution < 1.29 is 27.9 Å². The van der Waals surface area contributed by atoms with E-state index < -0.39 is 18.1 Å². The lowest BCUT2D eigenvalue weighted by Crippen LogP contribution is -2.37. The lowest BCUT2D eigenvalue weighted by molar-refractivity contribution is -0.173. The molecule has 0 unspecified atom stereocenters. The zero-order valence-electron chi connectivity index (χ0n) is 9.87. The first kappa shape index (κ1) is 15.4. The predicted octanol–water partition coefficient (Wildman–Crippen LogP) is 1.76. The van der Waals surface area contributed by atoms with Crippen molar-refractivity contribution in [2.24, 2.45) is 0 Å². The van der Waals surface area contributed by atoms with E-state index in [9.17, 15) is 22.8 Å². The van der Waals surface area contributed by atoms with E-state index in [2.05, 4.69) is 4.98 Å². The molecule has 0 radical (unpaired) electrons. The van der Waals surface area contributed by atoms with Crippen LogP contribution in [-0.2, 0) is 11.2 Å². The van der Waals surface area contributed by atoms with Gasteiger partial charge in [-0.15, -0.1) is 11.3 Å². The summed E-state index contributed by atoms with van der Waals surface area (Å²) in [4.78, 5) is 25.4. The molecule has 2 N–H and O–H groups in total. The number of alkyl halides is 3. The number of rotatable bonds is 5. The summed E-state index contributed by atoms with van der Waals surface area (Å²) >= 11 is 0.986.